The van der Waals surface area contributed by atoms with E-state index in [1.54, 1.807) is 43.3 Å². The minimum atomic E-state index is -1.17. The summed E-state index contributed by atoms with van der Waals surface area (Å²) in [6.45, 7) is 1.78. The molecule has 4 rings (SSSR count). The standard InChI is InChI=1S/C26H21F2NO5/c1-14-6-4-5-7-17(14)23-22(24(30)18-13-16(33-2)9-11-21(18)34-3)25(31)26(32)29(23)15-8-10-19(27)20(28)12-15/h4-13,23,30H,1-3H3/b24-22+. The van der Waals surface area contributed by atoms with Crippen molar-refractivity contribution in [3.8, 4) is 11.5 Å². The zero-order chi connectivity index (χ0) is 24.6. The number of nitrogens with zero attached hydrogens (tertiary/aromatic N) is 1. The van der Waals surface area contributed by atoms with Gasteiger partial charge in [0.15, 0.2) is 11.6 Å². The molecule has 1 saturated heterocycles. The van der Waals surface area contributed by atoms with Crippen LogP contribution in [0.2, 0.25) is 0 Å². The number of aliphatic hydroxyl groups excluding tert-OH is 1. The fraction of sp³-hybridized carbons (Fsp3) is 0.154. The van der Waals surface area contributed by atoms with E-state index < -0.39 is 35.1 Å². The number of benzene rings is 3. The molecule has 6 nitrogen and oxygen atoms in total. The van der Waals surface area contributed by atoms with E-state index in [1.807, 2.05) is 0 Å². The number of aryl methyl sites for hydroxylation is 1. The van der Waals surface area contributed by atoms with Crippen LogP contribution in [0.5, 0.6) is 11.5 Å². The lowest BCUT2D eigenvalue weighted by molar-refractivity contribution is -0.132. The van der Waals surface area contributed by atoms with E-state index in [1.165, 1.54) is 26.4 Å². The Morgan fingerprint density at radius 2 is 1.68 bits per heavy atom. The SMILES string of the molecule is COc1ccc(OC)c(/C(O)=C2\C(=O)C(=O)N(c3ccc(F)c(F)c3)C2c2ccccc2C)c1. The van der Waals surface area contributed by atoms with Crippen molar-refractivity contribution in [1.29, 1.82) is 0 Å². The first-order valence-electron chi connectivity index (χ1n) is 10.3. The van der Waals surface area contributed by atoms with Crippen LogP contribution in [0.15, 0.2) is 66.2 Å². The number of hydrogen-bond donors (Lipinski definition) is 1. The van der Waals surface area contributed by atoms with Crippen molar-refractivity contribution in [2.24, 2.45) is 0 Å². The summed E-state index contributed by atoms with van der Waals surface area (Å²) in [6.07, 6.45) is 0. The first-order chi connectivity index (χ1) is 16.3. The van der Waals surface area contributed by atoms with Crippen molar-refractivity contribution >= 4 is 23.1 Å². The van der Waals surface area contributed by atoms with E-state index in [2.05, 4.69) is 0 Å². The molecule has 8 heteroatoms. The molecule has 1 amide bonds. The molecule has 1 aliphatic heterocycles. The Morgan fingerprint density at radius 3 is 2.32 bits per heavy atom. The average Bonchev–Trinajstić information content (AvgIpc) is 3.10. The smallest absolute Gasteiger partial charge is 0.300 e. The van der Waals surface area contributed by atoms with Crippen LogP contribution in [0.4, 0.5) is 14.5 Å². The number of anilines is 1. The van der Waals surface area contributed by atoms with Crippen molar-refractivity contribution in [3.63, 3.8) is 0 Å². The highest BCUT2D eigenvalue weighted by Gasteiger charge is 2.47. The fourth-order valence-electron chi connectivity index (χ4n) is 4.07. The molecule has 1 heterocycles. The average molecular weight is 465 g/mol. The lowest BCUT2D eigenvalue weighted by Crippen LogP contribution is -2.30. The fourth-order valence-corrected chi connectivity index (χ4v) is 4.07. The first-order valence-corrected chi connectivity index (χ1v) is 10.3. The largest absolute Gasteiger partial charge is 0.507 e. The second-order valence-electron chi connectivity index (χ2n) is 7.69. The third-order valence-electron chi connectivity index (χ3n) is 5.77. The number of ether oxygens (including phenoxy) is 2. The molecule has 3 aromatic carbocycles. The van der Waals surface area contributed by atoms with E-state index in [0.717, 1.165) is 22.6 Å². The van der Waals surface area contributed by atoms with Gasteiger partial charge < -0.3 is 14.6 Å². The van der Waals surface area contributed by atoms with E-state index in [0.29, 0.717) is 11.3 Å². The maximum atomic E-state index is 14.1. The molecular formula is C26H21F2NO5. The van der Waals surface area contributed by atoms with Gasteiger partial charge in [-0.2, -0.15) is 0 Å². The van der Waals surface area contributed by atoms with Crippen LogP contribution in [0.1, 0.15) is 22.7 Å². The number of aliphatic hydroxyl groups is 1. The van der Waals surface area contributed by atoms with E-state index >= 15 is 0 Å². The summed E-state index contributed by atoms with van der Waals surface area (Å²) >= 11 is 0. The van der Waals surface area contributed by atoms with Gasteiger partial charge in [0.2, 0.25) is 0 Å². The van der Waals surface area contributed by atoms with Crippen LogP contribution in [0.25, 0.3) is 5.76 Å². The highest BCUT2D eigenvalue weighted by atomic mass is 19.2. The Bertz CT molecular complexity index is 1330. The van der Waals surface area contributed by atoms with Crippen LogP contribution >= 0.6 is 0 Å². The Kier molecular flexibility index (Phi) is 6.06. The summed E-state index contributed by atoms with van der Waals surface area (Å²) in [5.74, 6) is -4.05. The number of halogens is 2. The third kappa shape index (κ3) is 3.77. The quantitative estimate of drug-likeness (QED) is 0.329. The second-order valence-corrected chi connectivity index (χ2v) is 7.69. The number of amides is 1. The molecular weight excluding hydrogens is 444 g/mol. The van der Waals surface area contributed by atoms with Crippen LogP contribution in [-0.2, 0) is 9.59 Å². The van der Waals surface area contributed by atoms with Crippen molar-refractivity contribution in [2.45, 2.75) is 13.0 Å². The molecule has 3 aromatic rings. The molecule has 1 aliphatic rings. The molecule has 0 saturated carbocycles. The lowest BCUT2D eigenvalue weighted by Gasteiger charge is -2.26. The maximum Gasteiger partial charge on any atom is 0.300 e. The third-order valence-corrected chi connectivity index (χ3v) is 5.77. The summed E-state index contributed by atoms with van der Waals surface area (Å²) in [4.78, 5) is 27.5. The number of hydrogen-bond acceptors (Lipinski definition) is 5. The molecule has 174 valence electrons. The van der Waals surface area contributed by atoms with Gasteiger partial charge in [-0.15, -0.1) is 0 Å². The van der Waals surface area contributed by atoms with Gasteiger partial charge in [0.25, 0.3) is 11.7 Å². The molecule has 0 radical (unpaired) electrons. The Balaban J connectivity index is 2.02. The van der Waals surface area contributed by atoms with Crippen molar-refractivity contribution in [2.75, 3.05) is 19.1 Å². The van der Waals surface area contributed by atoms with Crippen molar-refractivity contribution < 1.29 is 33.0 Å². The number of rotatable bonds is 5. The lowest BCUT2D eigenvalue weighted by atomic mass is 9.92. The Hall–Kier alpha value is -4.20. The Morgan fingerprint density at radius 1 is 0.941 bits per heavy atom. The zero-order valence-electron chi connectivity index (χ0n) is 18.6. The van der Waals surface area contributed by atoms with Gasteiger partial charge in [-0.3, -0.25) is 14.5 Å². The highest BCUT2D eigenvalue weighted by molar-refractivity contribution is 6.51. The van der Waals surface area contributed by atoms with Gasteiger partial charge in [-0.25, -0.2) is 8.78 Å². The predicted molar refractivity (Wildman–Crippen MR) is 122 cm³/mol. The highest BCUT2D eigenvalue weighted by Crippen LogP contribution is 2.44. The predicted octanol–water partition coefficient (Wildman–Crippen LogP) is 4.92. The minimum Gasteiger partial charge on any atom is -0.507 e. The summed E-state index contributed by atoms with van der Waals surface area (Å²) in [6, 6.07) is 13.5. The molecule has 1 atom stereocenters. The van der Waals surface area contributed by atoms with Gasteiger partial charge in [-0.1, -0.05) is 24.3 Å². The van der Waals surface area contributed by atoms with Gasteiger partial charge in [-0.05, 0) is 48.4 Å². The minimum absolute atomic E-state index is 0.0223. The number of Topliss-reactive ketones (excluding diaryl/α,β-unsaturated/α-hetero) is 1. The zero-order valence-corrected chi connectivity index (χ0v) is 18.6. The van der Waals surface area contributed by atoms with Crippen LogP contribution < -0.4 is 14.4 Å². The van der Waals surface area contributed by atoms with E-state index in [-0.39, 0.29) is 22.6 Å². The number of carbonyl (C=O) groups excluding carboxylic acids is 2. The van der Waals surface area contributed by atoms with E-state index in [4.69, 9.17) is 9.47 Å². The van der Waals surface area contributed by atoms with Gasteiger partial charge in [0.1, 0.15) is 17.3 Å². The van der Waals surface area contributed by atoms with Crippen molar-refractivity contribution in [3.05, 3.63) is 94.6 Å². The molecule has 34 heavy (non-hydrogen) atoms. The van der Waals surface area contributed by atoms with E-state index in [9.17, 15) is 23.5 Å². The molecule has 1 N–H and O–H groups in total. The summed E-state index contributed by atoms with van der Waals surface area (Å²) in [5, 5.41) is 11.3. The molecule has 0 aliphatic carbocycles. The summed E-state index contributed by atoms with van der Waals surface area (Å²) in [5.41, 5.74) is 1.17. The van der Waals surface area contributed by atoms with Crippen LogP contribution in [0, 0.1) is 18.6 Å². The molecule has 0 spiro atoms. The number of carbonyl (C=O) groups is 2. The molecule has 0 aromatic heterocycles. The molecule has 1 fully saturated rings. The molecule has 0 bridgehead atoms. The van der Waals surface area contributed by atoms with Gasteiger partial charge in [0.05, 0.1) is 31.4 Å². The first kappa shape index (κ1) is 23.0. The maximum absolute atomic E-state index is 14.1. The van der Waals surface area contributed by atoms with Gasteiger partial charge >= 0.3 is 0 Å². The van der Waals surface area contributed by atoms with Crippen molar-refractivity contribution in [1.82, 2.24) is 0 Å². The Labute approximate surface area is 194 Å². The second kappa shape index (κ2) is 8.97. The van der Waals surface area contributed by atoms with Crippen LogP contribution in [0.3, 0.4) is 0 Å². The number of methoxy groups -OCH3 is 2. The normalized spacial score (nSPS) is 17.2. The summed E-state index contributed by atoms with van der Waals surface area (Å²) in [7, 11) is 2.85. The topological polar surface area (TPSA) is 76.1 Å². The number of ketones is 1. The van der Waals surface area contributed by atoms with Crippen LogP contribution in [-0.4, -0.2) is 31.0 Å². The molecule has 1 unspecified atom stereocenters. The monoisotopic (exact) mass is 465 g/mol. The summed E-state index contributed by atoms with van der Waals surface area (Å²) < 4.78 is 38.3. The van der Waals surface area contributed by atoms with Gasteiger partial charge in [0, 0.05) is 11.8 Å².